The molecule has 4 nitrogen and oxygen atoms in total. The van der Waals surface area contributed by atoms with E-state index in [1.165, 1.54) is 6.07 Å². The molecule has 0 unspecified atom stereocenters. The van der Waals surface area contributed by atoms with Gasteiger partial charge in [0.2, 0.25) is 5.15 Å². The summed E-state index contributed by atoms with van der Waals surface area (Å²) >= 11 is 5.79. The lowest BCUT2D eigenvalue weighted by Crippen LogP contribution is -1.92. The Morgan fingerprint density at radius 1 is 1.36 bits per heavy atom. The van der Waals surface area contributed by atoms with Crippen LogP contribution in [0, 0.1) is 10.1 Å². The van der Waals surface area contributed by atoms with Gasteiger partial charge in [0.1, 0.15) is 0 Å². The van der Waals surface area contributed by atoms with Gasteiger partial charge in [-0.3, -0.25) is 0 Å². The Kier molecular flexibility index (Phi) is 2.05. The topological polar surface area (TPSA) is 56.0 Å². The molecule has 2 aromatic rings. The van der Waals surface area contributed by atoms with Crippen LogP contribution in [0.4, 0.5) is 5.82 Å². The van der Waals surface area contributed by atoms with Gasteiger partial charge in [-0.1, -0.05) is 18.2 Å². The minimum atomic E-state index is -0.557. The molecule has 1 heterocycles. The number of fused-ring (bicyclic) bond motifs is 1. The molecule has 0 aliphatic rings. The second-order valence-electron chi connectivity index (χ2n) is 2.75. The molecule has 70 valence electrons. The van der Waals surface area contributed by atoms with Crippen molar-refractivity contribution in [2.45, 2.75) is 0 Å². The summed E-state index contributed by atoms with van der Waals surface area (Å²) in [6.45, 7) is 0. The number of nitrogens with zero attached hydrogens (tertiary/aromatic N) is 2. The second kappa shape index (κ2) is 3.23. The van der Waals surface area contributed by atoms with Crippen LogP contribution in [-0.4, -0.2) is 9.91 Å². The van der Waals surface area contributed by atoms with Crippen molar-refractivity contribution in [1.82, 2.24) is 4.98 Å². The first-order valence-corrected chi connectivity index (χ1v) is 4.26. The standard InChI is InChI=1S/C9H5ClN2O2/c10-9-7-4-2-1-3-6(7)5-8(11-9)12(13)14/h1-5H. The molecule has 0 amide bonds. The fourth-order valence-electron chi connectivity index (χ4n) is 1.24. The first kappa shape index (κ1) is 8.90. The van der Waals surface area contributed by atoms with Crippen LogP contribution in [0.2, 0.25) is 5.15 Å². The van der Waals surface area contributed by atoms with Crippen molar-refractivity contribution in [2.75, 3.05) is 0 Å². The zero-order valence-corrected chi connectivity index (χ0v) is 7.73. The first-order chi connectivity index (χ1) is 6.68. The Labute approximate surface area is 84.3 Å². The van der Waals surface area contributed by atoms with Crippen molar-refractivity contribution in [3.8, 4) is 0 Å². The van der Waals surface area contributed by atoms with Crippen LogP contribution in [0.3, 0.4) is 0 Å². The molecule has 0 N–H and O–H groups in total. The van der Waals surface area contributed by atoms with Gasteiger partial charge in [-0.25, -0.2) is 0 Å². The maximum absolute atomic E-state index is 10.5. The van der Waals surface area contributed by atoms with Gasteiger partial charge >= 0.3 is 5.82 Å². The predicted molar refractivity (Wildman–Crippen MR) is 53.4 cm³/mol. The number of benzene rings is 1. The first-order valence-electron chi connectivity index (χ1n) is 3.88. The zero-order valence-electron chi connectivity index (χ0n) is 6.98. The molecular weight excluding hydrogens is 204 g/mol. The molecule has 0 saturated carbocycles. The molecule has 0 fully saturated rings. The van der Waals surface area contributed by atoms with E-state index in [-0.39, 0.29) is 11.0 Å². The van der Waals surface area contributed by atoms with Crippen LogP contribution in [0.1, 0.15) is 0 Å². The summed E-state index contributed by atoms with van der Waals surface area (Å²) in [5.74, 6) is -0.228. The fraction of sp³-hybridized carbons (Fsp3) is 0. The fourth-order valence-corrected chi connectivity index (χ4v) is 1.50. The van der Waals surface area contributed by atoms with Crippen molar-refractivity contribution in [1.29, 1.82) is 0 Å². The highest BCUT2D eigenvalue weighted by atomic mass is 35.5. The molecular formula is C9H5ClN2O2. The van der Waals surface area contributed by atoms with E-state index < -0.39 is 4.92 Å². The molecule has 1 aromatic carbocycles. The maximum Gasteiger partial charge on any atom is 0.365 e. The van der Waals surface area contributed by atoms with Gasteiger partial charge in [-0.2, -0.15) is 0 Å². The van der Waals surface area contributed by atoms with Crippen LogP contribution >= 0.6 is 11.6 Å². The maximum atomic E-state index is 10.5. The highest BCUT2D eigenvalue weighted by Gasteiger charge is 2.12. The monoisotopic (exact) mass is 208 g/mol. The average Bonchev–Trinajstić information content (AvgIpc) is 2.17. The van der Waals surface area contributed by atoms with E-state index in [0.29, 0.717) is 0 Å². The van der Waals surface area contributed by atoms with E-state index in [9.17, 15) is 10.1 Å². The highest BCUT2D eigenvalue weighted by molar-refractivity contribution is 6.34. The number of nitro groups is 1. The molecule has 0 bridgehead atoms. The molecule has 0 saturated heterocycles. The number of halogens is 1. The molecule has 0 spiro atoms. The summed E-state index contributed by atoms with van der Waals surface area (Å²) in [7, 11) is 0. The minimum Gasteiger partial charge on any atom is -0.358 e. The number of rotatable bonds is 1. The Morgan fingerprint density at radius 2 is 2.07 bits per heavy atom. The van der Waals surface area contributed by atoms with Gasteiger partial charge in [0.25, 0.3) is 0 Å². The largest absolute Gasteiger partial charge is 0.365 e. The summed E-state index contributed by atoms with van der Waals surface area (Å²) < 4.78 is 0. The predicted octanol–water partition coefficient (Wildman–Crippen LogP) is 2.80. The summed E-state index contributed by atoms with van der Waals surface area (Å²) in [5.41, 5.74) is 0. The van der Waals surface area contributed by atoms with E-state index in [4.69, 9.17) is 11.6 Å². The van der Waals surface area contributed by atoms with Crippen molar-refractivity contribution < 1.29 is 4.92 Å². The smallest absolute Gasteiger partial charge is 0.358 e. The van der Waals surface area contributed by atoms with Crippen LogP contribution in [-0.2, 0) is 0 Å². The Bertz CT molecular complexity index is 513. The number of hydrogen-bond donors (Lipinski definition) is 0. The highest BCUT2D eigenvalue weighted by Crippen LogP contribution is 2.24. The molecule has 0 radical (unpaired) electrons. The third kappa shape index (κ3) is 1.40. The third-order valence-corrected chi connectivity index (χ3v) is 2.16. The van der Waals surface area contributed by atoms with Gasteiger partial charge in [0, 0.05) is 11.5 Å². The van der Waals surface area contributed by atoms with E-state index in [0.717, 1.165) is 10.8 Å². The lowest BCUT2D eigenvalue weighted by Gasteiger charge is -1.97. The molecule has 5 heteroatoms. The van der Waals surface area contributed by atoms with E-state index in [1.54, 1.807) is 18.2 Å². The van der Waals surface area contributed by atoms with Crippen LogP contribution in [0.5, 0.6) is 0 Å². The lowest BCUT2D eigenvalue weighted by atomic mass is 10.2. The molecule has 0 aliphatic carbocycles. The van der Waals surface area contributed by atoms with Crippen LogP contribution < -0.4 is 0 Å². The molecule has 0 aliphatic heterocycles. The van der Waals surface area contributed by atoms with Gasteiger partial charge in [-0.15, -0.1) is 0 Å². The Hall–Kier alpha value is -1.68. The normalized spacial score (nSPS) is 10.4. The number of hydrogen-bond acceptors (Lipinski definition) is 3. The second-order valence-corrected chi connectivity index (χ2v) is 3.11. The Morgan fingerprint density at radius 3 is 2.79 bits per heavy atom. The van der Waals surface area contributed by atoms with Crippen molar-refractivity contribution in [3.05, 3.63) is 45.6 Å². The SMILES string of the molecule is O=[N+]([O-])c1cc2ccccc2c(Cl)n1. The van der Waals surface area contributed by atoms with Gasteiger partial charge in [0.15, 0.2) is 0 Å². The third-order valence-electron chi connectivity index (χ3n) is 1.87. The van der Waals surface area contributed by atoms with Gasteiger partial charge in [0.05, 0.1) is 0 Å². The van der Waals surface area contributed by atoms with Crippen LogP contribution in [0.15, 0.2) is 30.3 Å². The van der Waals surface area contributed by atoms with E-state index >= 15 is 0 Å². The van der Waals surface area contributed by atoms with Crippen molar-refractivity contribution >= 4 is 28.2 Å². The molecule has 0 atom stereocenters. The molecule has 14 heavy (non-hydrogen) atoms. The minimum absolute atomic E-state index is 0.162. The number of pyridine rings is 1. The summed E-state index contributed by atoms with van der Waals surface area (Å²) in [5, 5.41) is 12.1. The molecule has 1 aromatic heterocycles. The van der Waals surface area contributed by atoms with Crippen LogP contribution in [0.25, 0.3) is 10.8 Å². The average molecular weight is 209 g/mol. The Balaban J connectivity index is 2.78. The van der Waals surface area contributed by atoms with Gasteiger partial charge in [-0.05, 0) is 33.0 Å². The van der Waals surface area contributed by atoms with Gasteiger partial charge < -0.3 is 10.1 Å². The van der Waals surface area contributed by atoms with Crippen molar-refractivity contribution in [2.24, 2.45) is 0 Å². The lowest BCUT2D eigenvalue weighted by molar-refractivity contribution is -0.389. The quantitative estimate of drug-likeness (QED) is 0.411. The number of aromatic nitrogens is 1. The summed E-state index contributed by atoms with van der Waals surface area (Å²) in [6, 6.07) is 8.54. The summed E-state index contributed by atoms with van der Waals surface area (Å²) in [6.07, 6.45) is 0. The molecule has 2 rings (SSSR count). The van der Waals surface area contributed by atoms with E-state index in [2.05, 4.69) is 4.98 Å². The van der Waals surface area contributed by atoms with E-state index in [1.807, 2.05) is 6.07 Å². The summed E-state index contributed by atoms with van der Waals surface area (Å²) in [4.78, 5) is 13.6. The van der Waals surface area contributed by atoms with Crippen molar-refractivity contribution in [3.63, 3.8) is 0 Å². The zero-order chi connectivity index (χ0) is 10.1.